The summed E-state index contributed by atoms with van der Waals surface area (Å²) in [7, 11) is 0. The smallest absolute Gasteiger partial charge is 0.303 e. The molecule has 4 rings (SSSR count). The van der Waals surface area contributed by atoms with Crippen molar-refractivity contribution in [3.8, 4) is 5.69 Å². The Labute approximate surface area is 185 Å². The molecule has 0 spiro atoms. The van der Waals surface area contributed by atoms with E-state index in [1.165, 1.54) is 17.8 Å². The number of aliphatic imine (C=N–C) groups is 1. The van der Waals surface area contributed by atoms with Crippen LogP contribution >= 0.6 is 27.7 Å². The van der Waals surface area contributed by atoms with Crippen LogP contribution in [0, 0.1) is 5.82 Å². The molecule has 0 fully saturated rings. The van der Waals surface area contributed by atoms with E-state index < -0.39 is 12.0 Å². The van der Waals surface area contributed by atoms with Crippen molar-refractivity contribution in [1.82, 2.24) is 14.8 Å². The molecular formula is C21H18BrFN4O2S. The number of carboxylic acids is 1. The quantitative estimate of drug-likeness (QED) is 0.491. The van der Waals surface area contributed by atoms with Crippen LogP contribution in [-0.4, -0.2) is 37.3 Å². The van der Waals surface area contributed by atoms with Gasteiger partial charge in [0.2, 0.25) is 0 Å². The first kappa shape index (κ1) is 20.7. The summed E-state index contributed by atoms with van der Waals surface area (Å²) in [6.07, 6.45) is 0.152. The monoisotopic (exact) mass is 488 g/mol. The largest absolute Gasteiger partial charge is 0.481 e. The fourth-order valence-electron chi connectivity index (χ4n) is 3.44. The van der Waals surface area contributed by atoms with Gasteiger partial charge in [0, 0.05) is 22.0 Å². The lowest BCUT2D eigenvalue weighted by Crippen LogP contribution is -2.10. The third kappa shape index (κ3) is 3.91. The zero-order valence-electron chi connectivity index (χ0n) is 16.0. The van der Waals surface area contributed by atoms with Crippen molar-refractivity contribution < 1.29 is 14.3 Å². The molecule has 0 unspecified atom stereocenters. The number of benzene rings is 2. The molecule has 1 atom stereocenters. The average molecular weight is 489 g/mol. The van der Waals surface area contributed by atoms with Gasteiger partial charge in [0.15, 0.2) is 11.0 Å². The van der Waals surface area contributed by atoms with Crippen molar-refractivity contribution in [1.29, 1.82) is 0 Å². The highest BCUT2D eigenvalue weighted by atomic mass is 79.9. The van der Waals surface area contributed by atoms with Gasteiger partial charge in [-0.25, -0.2) is 4.39 Å². The van der Waals surface area contributed by atoms with E-state index in [0.29, 0.717) is 22.3 Å². The van der Waals surface area contributed by atoms with E-state index in [1.807, 2.05) is 29.7 Å². The van der Waals surface area contributed by atoms with Gasteiger partial charge in [-0.15, -0.1) is 10.2 Å². The molecule has 6 nitrogen and oxygen atoms in total. The van der Waals surface area contributed by atoms with Crippen LogP contribution in [0.15, 0.2) is 57.1 Å². The number of fused-ring (bicyclic) bond motifs is 3. The van der Waals surface area contributed by atoms with Gasteiger partial charge in [0.05, 0.1) is 11.4 Å². The second-order valence-corrected chi connectivity index (χ2v) is 8.82. The third-order valence-electron chi connectivity index (χ3n) is 4.73. The summed E-state index contributed by atoms with van der Waals surface area (Å²) in [5.41, 5.74) is 2.35. The van der Waals surface area contributed by atoms with E-state index in [-0.39, 0.29) is 18.7 Å². The summed E-state index contributed by atoms with van der Waals surface area (Å²) in [5.74, 6) is 0.0450. The molecule has 3 aromatic rings. The van der Waals surface area contributed by atoms with Crippen molar-refractivity contribution in [2.24, 2.45) is 4.99 Å². The van der Waals surface area contributed by atoms with Gasteiger partial charge in [-0.2, -0.15) is 0 Å². The minimum absolute atomic E-state index is 0.0815. The molecule has 1 N–H and O–H groups in total. The molecule has 0 aliphatic carbocycles. The van der Waals surface area contributed by atoms with Crippen LogP contribution in [0.3, 0.4) is 0 Å². The molecule has 0 saturated heterocycles. The van der Waals surface area contributed by atoms with Gasteiger partial charge in [0.25, 0.3) is 0 Å². The maximum atomic E-state index is 14.8. The Morgan fingerprint density at radius 2 is 2.03 bits per heavy atom. The number of aliphatic carboxylic acids is 1. The number of hydrogen-bond acceptors (Lipinski definition) is 5. The number of thioether (sulfide) groups is 1. The molecule has 0 amide bonds. The second kappa shape index (κ2) is 8.69. The number of aromatic nitrogens is 3. The van der Waals surface area contributed by atoms with Crippen LogP contribution in [0.4, 0.5) is 4.39 Å². The van der Waals surface area contributed by atoms with E-state index in [1.54, 1.807) is 18.2 Å². The molecule has 154 valence electrons. The Balaban J connectivity index is 1.99. The lowest BCUT2D eigenvalue weighted by Gasteiger charge is -2.14. The summed E-state index contributed by atoms with van der Waals surface area (Å²) >= 11 is 5.04. The Hall–Kier alpha value is -2.52. The third-order valence-corrected chi connectivity index (χ3v) is 6.03. The normalized spacial score (nSPS) is 15.2. The van der Waals surface area contributed by atoms with Crippen molar-refractivity contribution in [2.75, 3.05) is 5.75 Å². The predicted octanol–water partition coefficient (Wildman–Crippen LogP) is 5.04. The standard InChI is InChI=1S/C21H18BrFN4O2S/c1-2-30-21-26-25-20-16(8-10-18(28)29)24-19(13-5-3-4-6-15(13)23)14-11-12(22)7-9-17(14)27(20)21/h3-7,9,11,16H,2,8,10H2,1H3,(H,28,29)/t16-/m0/s1. The van der Waals surface area contributed by atoms with Gasteiger partial charge in [0.1, 0.15) is 11.9 Å². The maximum absolute atomic E-state index is 14.8. The van der Waals surface area contributed by atoms with Gasteiger partial charge in [-0.3, -0.25) is 14.4 Å². The van der Waals surface area contributed by atoms with Gasteiger partial charge in [-0.05, 0) is 42.5 Å². The van der Waals surface area contributed by atoms with E-state index in [9.17, 15) is 14.3 Å². The maximum Gasteiger partial charge on any atom is 0.303 e. The van der Waals surface area contributed by atoms with Crippen molar-refractivity contribution >= 4 is 39.4 Å². The Bertz CT molecular complexity index is 1150. The average Bonchev–Trinajstić information content (AvgIpc) is 3.07. The first-order valence-electron chi connectivity index (χ1n) is 9.42. The van der Waals surface area contributed by atoms with Crippen molar-refractivity contribution in [3.63, 3.8) is 0 Å². The molecule has 1 aromatic heterocycles. The first-order chi connectivity index (χ1) is 14.5. The first-order valence-corrected chi connectivity index (χ1v) is 11.2. The lowest BCUT2D eigenvalue weighted by atomic mass is 10.00. The van der Waals surface area contributed by atoms with Crippen LogP contribution in [0.2, 0.25) is 0 Å². The molecule has 0 saturated carbocycles. The molecule has 2 heterocycles. The zero-order chi connectivity index (χ0) is 21.3. The van der Waals surface area contributed by atoms with Gasteiger partial charge >= 0.3 is 5.97 Å². The fraction of sp³-hybridized carbons (Fsp3) is 0.238. The van der Waals surface area contributed by atoms with Crippen molar-refractivity contribution in [2.45, 2.75) is 31.0 Å². The van der Waals surface area contributed by atoms with Crippen LogP contribution in [0.5, 0.6) is 0 Å². The summed E-state index contributed by atoms with van der Waals surface area (Å²) in [6.45, 7) is 2.02. The topological polar surface area (TPSA) is 80.4 Å². The minimum Gasteiger partial charge on any atom is -0.481 e. The van der Waals surface area contributed by atoms with E-state index in [4.69, 9.17) is 4.99 Å². The number of carboxylic acid groups (broad SMARTS) is 1. The summed E-state index contributed by atoms with van der Waals surface area (Å²) in [4.78, 5) is 16.1. The Kier molecular flexibility index (Phi) is 6.01. The lowest BCUT2D eigenvalue weighted by molar-refractivity contribution is -0.137. The molecular weight excluding hydrogens is 471 g/mol. The van der Waals surface area contributed by atoms with Gasteiger partial charge < -0.3 is 5.11 Å². The molecule has 1 aliphatic rings. The van der Waals surface area contributed by atoms with E-state index in [2.05, 4.69) is 26.1 Å². The molecule has 2 aromatic carbocycles. The van der Waals surface area contributed by atoms with Gasteiger partial charge in [-0.1, -0.05) is 46.7 Å². The molecule has 0 bridgehead atoms. The van der Waals surface area contributed by atoms with Crippen LogP contribution in [0.1, 0.15) is 42.8 Å². The van der Waals surface area contributed by atoms with Crippen LogP contribution in [0.25, 0.3) is 5.69 Å². The number of nitrogens with zero attached hydrogens (tertiary/aromatic N) is 4. The zero-order valence-corrected chi connectivity index (χ0v) is 18.5. The number of rotatable bonds is 6. The van der Waals surface area contributed by atoms with Crippen molar-refractivity contribution in [3.05, 3.63) is 69.7 Å². The molecule has 0 radical (unpaired) electrons. The van der Waals surface area contributed by atoms with Crippen LogP contribution < -0.4 is 0 Å². The fourth-order valence-corrected chi connectivity index (χ4v) is 4.48. The summed E-state index contributed by atoms with van der Waals surface area (Å²) < 4.78 is 17.5. The highest BCUT2D eigenvalue weighted by molar-refractivity contribution is 9.10. The molecule has 9 heteroatoms. The highest BCUT2D eigenvalue weighted by Gasteiger charge is 2.30. The number of halogens is 2. The second-order valence-electron chi connectivity index (χ2n) is 6.68. The molecule has 30 heavy (non-hydrogen) atoms. The SMILES string of the molecule is CCSc1nnc2n1-c1ccc(Br)cc1C(c1ccccc1F)=N[C@H]2CCC(=O)O. The number of hydrogen-bond donors (Lipinski definition) is 1. The van der Waals surface area contributed by atoms with Crippen LogP contribution in [-0.2, 0) is 4.79 Å². The Morgan fingerprint density at radius 1 is 1.23 bits per heavy atom. The number of carbonyl (C=O) groups is 1. The Morgan fingerprint density at radius 3 is 2.77 bits per heavy atom. The predicted molar refractivity (Wildman–Crippen MR) is 117 cm³/mol. The van der Waals surface area contributed by atoms with E-state index >= 15 is 0 Å². The highest BCUT2D eigenvalue weighted by Crippen LogP contribution is 2.36. The minimum atomic E-state index is -0.920. The summed E-state index contributed by atoms with van der Waals surface area (Å²) in [5, 5.41) is 18.6. The summed E-state index contributed by atoms with van der Waals surface area (Å²) in [6, 6.07) is 11.6. The molecule has 1 aliphatic heterocycles. The van der Waals surface area contributed by atoms with E-state index in [0.717, 1.165) is 21.5 Å².